The van der Waals surface area contributed by atoms with Crippen LogP contribution in [0.2, 0.25) is 0 Å². The van der Waals surface area contributed by atoms with Crippen LogP contribution in [0.1, 0.15) is 40.0 Å². The Morgan fingerprint density at radius 3 is 2.43 bits per heavy atom. The summed E-state index contributed by atoms with van der Waals surface area (Å²) in [5.41, 5.74) is 6.15. The topological polar surface area (TPSA) is 35.6 Å². The van der Waals surface area contributed by atoms with Crippen LogP contribution in [0.5, 0.6) is 0 Å². The molecular weight excluding hydrogens is 437 g/mol. The number of hydrogen-bond acceptors (Lipinski definition) is 3. The highest BCUT2D eigenvalue weighted by Gasteiger charge is 2.24. The molecular formula is C30H28FN3O. The zero-order valence-corrected chi connectivity index (χ0v) is 19.8. The van der Waals surface area contributed by atoms with Gasteiger partial charge in [0, 0.05) is 48.9 Å². The molecule has 4 nitrogen and oxygen atoms in total. The SMILES string of the molecule is CC(c1ccc(Cc2ccc3c4c(cccc24)C(=O)N3)cc1)N1CCN(c2ccccc2F)CC1. The molecule has 176 valence electrons. The fourth-order valence-electron chi connectivity index (χ4n) is 5.51. The van der Waals surface area contributed by atoms with E-state index in [9.17, 15) is 9.18 Å². The number of amides is 1. The number of carbonyl (C=O) groups excluding carboxylic acids is 1. The maximum Gasteiger partial charge on any atom is 0.256 e. The third kappa shape index (κ3) is 3.96. The van der Waals surface area contributed by atoms with E-state index in [1.807, 2.05) is 30.3 Å². The molecule has 0 aromatic heterocycles. The third-order valence-corrected chi connectivity index (χ3v) is 7.54. The van der Waals surface area contributed by atoms with Crippen molar-refractivity contribution in [3.05, 3.63) is 107 Å². The zero-order chi connectivity index (χ0) is 23.9. The minimum absolute atomic E-state index is 0.0178. The van der Waals surface area contributed by atoms with Crippen molar-refractivity contribution in [3.63, 3.8) is 0 Å². The van der Waals surface area contributed by atoms with Gasteiger partial charge in [-0.2, -0.15) is 0 Å². The van der Waals surface area contributed by atoms with E-state index < -0.39 is 0 Å². The summed E-state index contributed by atoms with van der Waals surface area (Å²) in [6, 6.07) is 26.3. The largest absolute Gasteiger partial charge is 0.367 e. The predicted octanol–water partition coefficient (Wildman–Crippen LogP) is 6.02. The predicted molar refractivity (Wildman–Crippen MR) is 140 cm³/mol. The second-order valence-electron chi connectivity index (χ2n) is 9.52. The number of nitrogens with zero attached hydrogens (tertiary/aromatic N) is 2. The molecule has 2 aliphatic rings. The number of piperazine rings is 1. The van der Waals surface area contributed by atoms with Crippen LogP contribution in [-0.4, -0.2) is 37.0 Å². The van der Waals surface area contributed by atoms with E-state index in [4.69, 9.17) is 0 Å². The number of hydrogen-bond donors (Lipinski definition) is 1. The summed E-state index contributed by atoms with van der Waals surface area (Å²) < 4.78 is 14.2. The Morgan fingerprint density at radius 1 is 0.886 bits per heavy atom. The average molecular weight is 466 g/mol. The molecule has 1 saturated heterocycles. The molecule has 1 amide bonds. The van der Waals surface area contributed by atoms with E-state index in [0.717, 1.165) is 54.6 Å². The molecule has 0 aliphatic carbocycles. The fraction of sp³-hybridized carbons (Fsp3) is 0.233. The summed E-state index contributed by atoms with van der Waals surface area (Å²) in [7, 11) is 0. The van der Waals surface area contributed by atoms with Gasteiger partial charge in [-0.15, -0.1) is 0 Å². The zero-order valence-electron chi connectivity index (χ0n) is 19.8. The van der Waals surface area contributed by atoms with Crippen LogP contribution in [0.25, 0.3) is 10.8 Å². The molecule has 2 heterocycles. The highest BCUT2D eigenvalue weighted by Crippen LogP contribution is 2.35. The van der Waals surface area contributed by atoms with Gasteiger partial charge < -0.3 is 10.2 Å². The smallest absolute Gasteiger partial charge is 0.256 e. The number of anilines is 2. The van der Waals surface area contributed by atoms with Crippen molar-refractivity contribution in [2.24, 2.45) is 0 Å². The first-order chi connectivity index (χ1) is 17.1. The minimum atomic E-state index is -0.146. The summed E-state index contributed by atoms with van der Waals surface area (Å²) in [4.78, 5) is 16.8. The summed E-state index contributed by atoms with van der Waals surface area (Å²) >= 11 is 0. The van der Waals surface area contributed by atoms with E-state index in [0.29, 0.717) is 11.7 Å². The summed E-state index contributed by atoms with van der Waals surface area (Å²) in [5, 5.41) is 5.14. The van der Waals surface area contributed by atoms with Gasteiger partial charge in [0.2, 0.25) is 0 Å². The first-order valence-electron chi connectivity index (χ1n) is 12.3. The van der Waals surface area contributed by atoms with E-state index in [-0.39, 0.29) is 11.7 Å². The van der Waals surface area contributed by atoms with Crippen molar-refractivity contribution in [1.29, 1.82) is 0 Å². The maximum atomic E-state index is 14.2. The second kappa shape index (κ2) is 8.82. The Bertz CT molecular complexity index is 1410. The van der Waals surface area contributed by atoms with Crippen LogP contribution in [0.3, 0.4) is 0 Å². The van der Waals surface area contributed by atoms with Gasteiger partial charge in [0.15, 0.2) is 0 Å². The molecule has 0 radical (unpaired) electrons. The molecule has 35 heavy (non-hydrogen) atoms. The maximum absolute atomic E-state index is 14.2. The van der Waals surface area contributed by atoms with Gasteiger partial charge in [0.05, 0.1) is 5.69 Å². The lowest BCUT2D eigenvalue weighted by molar-refractivity contribution is 0.103. The van der Waals surface area contributed by atoms with Crippen molar-refractivity contribution < 1.29 is 9.18 Å². The molecule has 5 heteroatoms. The molecule has 0 saturated carbocycles. The molecule has 4 aromatic carbocycles. The normalized spacial score (nSPS) is 16.5. The van der Waals surface area contributed by atoms with Crippen molar-refractivity contribution in [2.75, 3.05) is 36.4 Å². The van der Waals surface area contributed by atoms with Gasteiger partial charge in [0.1, 0.15) is 5.82 Å². The van der Waals surface area contributed by atoms with Crippen molar-refractivity contribution in [2.45, 2.75) is 19.4 Å². The second-order valence-corrected chi connectivity index (χ2v) is 9.52. The first kappa shape index (κ1) is 21.8. The number of nitrogens with one attached hydrogen (secondary N) is 1. The van der Waals surface area contributed by atoms with E-state index in [2.05, 4.69) is 58.4 Å². The minimum Gasteiger partial charge on any atom is -0.367 e. The number of para-hydroxylation sites is 1. The van der Waals surface area contributed by atoms with E-state index >= 15 is 0 Å². The van der Waals surface area contributed by atoms with Gasteiger partial charge in [-0.1, -0.05) is 54.6 Å². The number of carbonyl (C=O) groups is 1. The lowest BCUT2D eigenvalue weighted by Crippen LogP contribution is -2.47. The third-order valence-electron chi connectivity index (χ3n) is 7.54. The highest BCUT2D eigenvalue weighted by atomic mass is 19.1. The molecule has 6 rings (SSSR count). The van der Waals surface area contributed by atoms with Crippen LogP contribution >= 0.6 is 0 Å². The molecule has 4 aromatic rings. The van der Waals surface area contributed by atoms with Gasteiger partial charge in [0.25, 0.3) is 5.91 Å². The number of benzene rings is 4. The Hall–Kier alpha value is -3.70. The summed E-state index contributed by atoms with van der Waals surface area (Å²) in [6.45, 7) is 5.72. The lowest BCUT2D eigenvalue weighted by Gasteiger charge is -2.39. The van der Waals surface area contributed by atoms with E-state index in [1.54, 1.807) is 6.07 Å². The van der Waals surface area contributed by atoms with Crippen molar-refractivity contribution in [1.82, 2.24) is 4.90 Å². The van der Waals surface area contributed by atoms with Gasteiger partial charge in [-0.3, -0.25) is 9.69 Å². The summed E-state index contributed by atoms with van der Waals surface area (Å²) in [6.07, 6.45) is 0.824. The standard InChI is InChI=1S/C30H28FN3O/c1-20(33-15-17-34(18-16-33)28-8-3-2-7-26(28)31)22-11-9-21(10-12-22)19-23-13-14-27-29-24(23)5-4-6-25(29)30(35)32-27/h2-14,20H,15-19H2,1H3,(H,32,35). The molecule has 0 bridgehead atoms. The molecule has 0 spiro atoms. The molecule has 1 atom stereocenters. The van der Waals surface area contributed by atoms with E-state index in [1.165, 1.54) is 22.8 Å². The molecule has 2 aliphatic heterocycles. The molecule has 1 N–H and O–H groups in total. The monoisotopic (exact) mass is 465 g/mol. The van der Waals surface area contributed by atoms with Gasteiger partial charge in [-0.25, -0.2) is 4.39 Å². The Kier molecular flexibility index (Phi) is 5.50. The van der Waals surface area contributed by atoms with Crippen LogP contribution in [0.15, 0.2) is 78.9 Å². The fourth-order valence-corrected chi connectivity index (χ4v) is 5.51. The van der Waals surface area contributed by atoms with Crippen molar-refractivity contribution >= 4 is 28.1 Å². The molecule has 1 fully saturated rings. The Morgan fingerprint density at radius 2 is 1.66 bits per heavy atom. The van der Waals surface area contributed by atoms with Crippen molar-refractivity contribution in [3.8, 4) is 0 Å². The highest BCUT2D eigenvalue weighted by molar-refractivity contribution is 6.24. The summed E-state index contributed by atoms with van der Waals surface area (Å²) in [5.74, 6) is -0.163. The van der Waals surface area contributed by atoms with Crippen LogP contribution in [-0.2, 0) is 6.42 Å². The molecule has 1 unspecified atom stereocenters. The van der Waals surface area contributed by atoms with Gasteiger partial charge in [-0.05, 0) is 59.7 Å². The average Bonchev–Trinajstić information content (AvgIpc) is 3.23. The Labute approximate surface area is 205 Å². The first-order valence-corrected chi connectivity index (χ1v) is 12.3. The van der Waals surface area contributed by atoms with Crippen LogP contribution in [0.4, 0.5) is 15.8 Å². The Balaban J connectivity index is 1.14. The number of rotatable bonds is 5. The number of halogens is 1. The van der Waals surface area contributed by atoms with Crippen LogP contribution < -0.4 is 10.2 Å². The lowest BCUT2D eigenvalue weighted by atomic mass is 9.95. The van der Waals surface area contributed by atoms with Gasteiger partial charge >= 0.3 is 0 Å². The van der Waals surface area contributed by atoms with Crippen LogP contribution in [0, 0.1) is 5.82 Å². The quantitative estimate of drug-likeness (QED) is 0.392.